The lowest BCUT2D eigenvalue weighted by atomic mass is 10.1. The van der Waals surface area contributed by atoms with Gasteiger partial charge in [0, 0.05) is 18.8 Å². The highest BCUT2D eigenvalue weighted by Crippen LogP contribution is 2.14. The van der Waals surface area contributed by atoms with Crippen molar-refractivity contribution >= 4 is 5.91 Å². The fourth-order valence-corrected chi connectivity index (χ4v) is 1.94. The summed E-state index contributed by atoms with van der Waals surface area (Å²) in [6.07, 6.45) is 5.97. The molecule has 1 aromatic rings. The molecule has 0 saturated carbocycles. The van der Waals surface area contributed by atoms with Crippen LogP contribution < -0.4 is 10.1 Å². The molecule has 21 heavy (non-hydrogen) atoms. The molecule has 2 rings (SSSR count). The van der Waals surface area contributed by atoms with Crippen molar-refractivity contribution in [1.29, 1.82) is 0 Å². The lowest BCUT2D eigenvalue weighted by molar-refractivity contribution is -0.118. The van der Waals surface area contributed by atoms with E-state index in [0.717, 1.165) is 24.8 Å². The van der Waals surface area contributed by atoms with Gasteiger partial charge in [0.15, 0.2) is 0 Å². The SMILES string of the molecule is CC[C@H](C)Oc1cc(CNC(=O)C2=COCCC2)ccn1. The Labute approximate surface area is 125 Å². The normalized spacial score (nSPS) is 15.6. The van der Waals surface area contributed by atoms with Crippen LogP contribution >= 0.6 is 0 Å². The van der Waals surface area contributed by atoms with E-state index >= 15 is 0 Å². The van der Waals surface area contributed by atoms with Gasteiger partial charge in [-0.15, -0.1) is 0 Å². The molecule has 1 aromatic heterocycles. The third-order valence-electron chi connectivity index (χ3n) is 3.37. The molecule has 1 aliphatic heterocycles. The van der Waals surface area contributed by atoms with Crippen molar-refractivity contribution in [3.05, 3.63) is 35.7 Å². The van der Waals surface area contributed by atoms with E-state index < -0.39 is 0 Å². The standard InChI is InChI=1S/C16H22N2O3/c1-3-12(2)21-15-9-13(6-7-17-15)10-18-16(19)14-5-4-8-20-11-14/h6-7,9,11-12H,3-5,8,10H2,1-2H3,(H,18,19)/t12-/m0/s1. The van der Waals surface area contributed by atoms with Gasteiger partial charge in [0.2, 0.25) is 5.88 Å². The number of hydrogen-bond donors (Lipinski definition) is 1. The van der Waals surface area contributed by atoms with Crippen molar-refractivity contribution in [1.82, 2.24) is 10.3 Å². The van der Waals surface area contributed by atoms with Gasteiger partial charge in [-0.2, -0.15) is 0 Å². The molecule has 0 bridgehead atoms. The molecule has 0 aromatic carbocycles. The van der Waals surface area contributed by atoms with E-state index in [1.165, 1.54) is 0 Å². The summed E-state index contributed by atoms with van der Waals surface area (Å²) in [5.41, 5.74) is 1.67. The van der Waals surface area contributed by atoms with Crippen molar-refractivity contribution in [2.75, 3.05) is 6.61 Å². The average molecular weight is 290 g/mol. The van der Waals surface area contributed by atoms with Crippen molar-refractivity contribution in [2.45, 2.75) is 45.8 Å². The Balaban J connectivity index is 1.89. The van der Waals surface area contributed by atoms with E-state index in [4.69, 9.17) is 9.47 Å². The predicted octanol–water partition coefficient (Wildman–Crippen LogP) is 2.57. The first-order chi connectivity index (χ1) is 10.2. The minimum atomic E-state index is -0.0732. The first-order valence-corrected chi connectivity index (χ1v) is 7.39. The fourth-order valence-electron chi connectivity index (χ4n) is 1.94. The Bertz CT molecular complexity index is 514. The van der Waals surface area contributed by atoms with Crippen LogP contribution in [-0.2, 0) is 16.1 Å². The summed E-state index contributed by atoms with van der Waals surface area (Å²) < 4.78 is 10.8. The summed E-state index contributed by atoms with van der Waals surface area (Å²) in [4.78, 5) is 16.2. The maximum Gasteiger partial charge on any atom is 0.250 e. The van der Waals surface area contributed by atoms with Gasteiger partial charge in [-0.3, -0.25) is 4.79 Å². The predicted molar refractivity (Wildman–Crippen MR) is 79.7 cm³/mol. The van der Waals surface area contributed by atoms with E-state index in [9.17, 15) is 4.79 Å². The first kappa shape index (κ1) is 15.4. The smallest absolute Gasteiger partial charge is 0.250 e. The molecule has 0 aliphatic carbocycles. The van der Waals surface area contributed by atoms with Gasteiger partial charge in [-0.1, -0.05) is 6.92 Å². The third-order valence-corrected chi connectivity index (χ3v) is 3.37. The molecule has 2 heterocycles. The number of amides is 1. The molecule has 1 amide bonds. The Morgan fingerprint density at radius 2 is 2.43 bits per heavy atom. The number of nitrogens with zero attached hydrogens (tertiary/aromatic N) is 1. The molecule has 114 valence electrons. The number of carbonyl (C=O) groups is 1. The summed E-state index contributed by atoms with van der Waals surface area (Å²) in [5.74, 6) is 0.521. The zero-order valence-electron chi connectivity index (χ0n) is 12.6. The Kier molecular flexibility index (Phi) is 5.60. The minimum absolute atomic E-state index is 0.0732. The number of hydrogen-bond acceptors (Lipinski definition) is 4. The second-order valence-electron chi connectivity index (χ2n) is 5.14. The molecule has 0 fully saturated rings. The van der Waals surface area contributed by atoms with Crippen LogP contribution in [0, 0.1) is 0 Å². The van der Waals surface area contributed by atoms with Crippen molar-refractivity contribution in [2.24, 2.45) is 0 Å². The summed E-state index contributed by atoms with van der Waals surface area (Å²) >= 11 is 0. The van der Waals surface area contributed by atoms with Gasteiger partial charge < -0.3 is 14.8 Å². The van der Waals surface area contributed by atoms with E-state index in [1.54, 1.807) is 12.5 Å². The number of ether oxygens (including phenoxy) is 2. The van der Waals surface area contributed by atoms with Crippen LogP contribution in [-0.4, -0.2) is 23.6 Å². The van der Waals surface area contributed by atoms with Crippen molar-refractivity contribution in [3.8, 4) is 5.88 Å². The highest BCUT2D eigenvalue weighted by Gasteiger charge is 2.13. The van der Waals surface area contributed by atoms with E-state index in [-0.39, 0.29) is 12.0 Å². The zero-order chi connectivity index (χ0) is 15.1. The monoisotopic (exact) mass is 290 g/mol. The molecule has 5 nitrogen and oxygen atoms in total. The second kappa shape index (κ2) is 7.67. The summed E-state index contributed by atoms with van der Waals surface area (Å²) in [5, 5.41) is 2.89. The summed E-state index contributed by atoms with van der Waals surface area (Å²) in [6, 6.07) is 3.73. The number of carbonyl (C=O) groups excluding carboxylic acids is 1. The van der Waals surface area contributed by atoms with Crippen LogP contribution in [0.1, 0.15) is 38.7 Å². The highest BCUT2D eigenvalue weighted by molar-refractivity contribution is 5.93. The maximum absolute atomic E-state index is 12.0. The van der Waals surface area contributed by atoms with E-state index in [0.29, 0.717) is 24.6 Å². The van der Waals surface area contributed by atoms with Gasteiger partial charge in [0.25, 0.3) is 5.91 Å². The molecule has 1 aliphatic rings. The van der Waals surface area contributed by atoms with Gasteiger partial charge in [0.05, 0.1) is 24.5 Å². The van der Waals surface area contributed by atoms with Crippen LogP contribution in [0.3, 0.4) is 0 Å². The van der Waals surface area contributed by atoms with Crippen molar-refractivity contribution < 1.29 is 14.3 Å². The number of rotatable bonds is 6. The molecule has 1 N–H and O–H groups in total. The highest BCUT2D eigenvalue weighted by atomic mass is 16.5. The van der Waals surface area contributed by atoms with Gasteiger partial charge in [-0.25, -0.2) is 4.98 Å². The van der Waals surface area contributed by atoms with Crippen LogP contribution in [0.4, 0.5) is 0 Å². The average Bonchev–Trinajstić information content (AvgIpc) is 2.53. The molecule has 5 heteroatoms. The lowest BCUT2D eigenvalue weighted by Crippen LogP contribution is -2.26. The van der Waals surface area contributed by atoms with Crippen LogP contribution in [0.5, 0.6) is 5.88 Å². The van der Waals surface area contributed by atoms with Gasteiger partial charge in [0.1, 0.15) is 0 Å². The third kappa shape index (κ3) is 4.77. The minimum Gasteiger partial charge on any atom is -0.501 e. The number of aromatic nitrogens is 1. The molecule has 1 atom stereocenters. The zero-order valence-corrected chi connectivity index (χ0v) is 12.6. The largest absolute Gasteiger partial charge is 0.501 e. The first-order valence-electron chi connectivity index (χ1n) is 7.39. The molecule has 0 spiro atoms. The molecule has 0 radical (unpaired) electrons. The molecular formula is C16H22N2O3. The van der Waals surface area contributed by atoms with E-state index in [2.05, 4.69) is 17.2 Å². The van der Waals surface area contributed by atoms with E-state index in [1.807, 2.05) is 19.1 Å². The molecular weight excluding hydrogens is 268 g/mol. The summed E-state index contributed by atoms with van der Waals surface area (Å²) in [6.45, 7) is 5.22. The quantitative estimate of drug-likeness (QED) is 0.874. The van der Waals surface area contributed by atoms with Crippen LogP contribution in [0.15, 0.2) is 30.2 Å². The van der Waals surface area contributed by atoms with Crippen LogP contribution in [0.2, 0.25) is 0 Å². The fraction of sp³-hybridized carbons (Fsp3) is 0.500. The number of pyridine rings is 1. The van der Waals surface area contributed by atoms with Crippen LogP contribution in [0.25, 0.3) is 0 Å². The van der Waals surface area contributed by atoms with Gasteiger partial charge in [-0.05, 0) is 37.8 Å². The lowest BCUT2D eigenvalue weighted by Gasteiger charge is -2.14. The molecule has 0 saturated heterocycles. The molecule has 0 unspecified atom stereocenters. The second-order valence-corrected chi connectivity index (χ2v) is 5.14. The van der Waals surface area contributed by atoms with Crippen molar-refractivity contribution in [3.63, 3.8) is 0 Å². The Morgan fingerprint density at radius 3 is 3.14 bits per heavy atom. The summed E-state index contributed by atoms with van der Waals surface area (Å²) in [7, 11) is 0. The number of nitrogens with one attached hydrogen (secondary N) is 1. The Morgan fingerprint density at radius 1 is 1.57 bits per heavy atom. The maximum atomic E-state index is 12.0. The topological polar surface area (TPSA) is 60.5 Å². The van der Waals surface area contributed by atoms with Gasteiger partial charge >= 0.3 is 0 Å². The Hall–Kier alpha value is -2.04.